The molecule has 0 bridgehead atoms. The van der Waals surface area contributed by atoms with Gasteiger partial charge >= 0.3 is 0 Å². The Labute approximate surface area is 89.0 Å². The molecule has 4 heteroatoms. The first-order valence-electron chi connectivity index (χ1n) is 5.09. The van der Waals surface area contributed by atoms with E-state index in [1.165, 1.54) is 17.9 Å². The number of likely N-dealkylation sites (tertiary alicyclic amines) is 1. The average molecular weight is 212 g/mol. The molecule has 0 N–H and O–H groups in total. The Morgan fingerprint density at radius 1 is 1.64 bits per heavy atom. The first kappa shape index (κ1) is 10.2. The lowest BCUT2D eigenvalue weighted by molar-refractivity contribution is -0.117. The number of carbonyl (C=O) groups is 1. The number of carbonyl (C=O) groups excluding carboxylic acids is 1. The van der Waals surface area contributed by atoms with Crippen LogP contribution in [0.2, 0.25) is 0 Å². The third-order valence-electron chi connectivity index (χ3n) is 2.95. The van der Waals surface area contributed by atoms with Crippen molar-refractivity contribution in [3.8, 4) is 0 Å². The van der Waals surface area contributed by atoms with Crippen molar-refractivity contribution in [2.45, 2.75) is 31.8 Å². The molecule has 0 amide bonds. The van der Waals surface area contributed by atoms with Crippen LogP contribution in [0.3, 0.4) is 0 Å². The molecule has 2 unspecified atom stereocenters. The van der Waals surface area contributed by atoms with Gasteiger partial charge in [-0.25, -0.2) is 0 Å². The van der Waals surface area contributed by atoms with Gasteiger partial charge in [0.25, 0.3) is 0 Å². The van der Waals surface area contributed by atoms with E-state index < -0.39 is 0 Å². The van der Waals surface area contributed by atoms with Gasteiger partial charge in [-0.2, -0.15) is 0 Å². The summed E-state index contributed by atoms with van der Waals surface area (Å²) in [4.78, 5) is 18.0. The van der Waals surface area contributed by atoms with Crippen molar-refractivity contribution in [1.82, 2.24) is 4.90 Å². The van der Waals surface area contributed by atoms with E-state index in [-0.39, 0.29) is 11.8 Å². The van der Waals surface area contributed by atoms with Crippen molar-refractivity contribution in [3.05, 3.63) is 0 Å². The molecule has 14 heavy (non-hydrogen) atoms. The molecule has 2 atom stereocenters. The van der Waals surface area contributed by atoms with Crippen LogP contribution in [0.1, 0.15) is 19.8 Å². The molecule has 0 spiro atoms. The maximum Gasteiger partial charge on any atom is 0.155 e. The maximum absolute atomic E-state index is 11.2. The fraction of sp³-hybridized carbons (Fsp3) is 0.800. The number of ketones is 1. The largest absolute Gasteiger partial charge is 0.298 e. The predicted octanol–water partition coefficient (Wildman–Crippen LogP) is 1.18. The Kier molecular flexibility index (Phi) is 2.93. The van der Waals surface area contributed by atoms with E-state index in [0.717, 1.165) is 12.3 Å². The summed E-state index contributed by atoms with van der Waals surface area (Å²) in [6.45, 7) is 2.80. The lowest BCUT2D eigenvalue weighted by atomic mass is 10.2. The van der Waals surface area contributed by atoms with Crippen LogP contribution in [-0.2, 0) is 4.79 Å². The Morgan fingerprint density at radius 3 is 2.93 bits per heavy atom. The molecule has 2 aliphatic heterocycles. The Balaban J connectivity index is 2.05. The van der Waals surface area contributed by atoms with Crippen LogP contribution in [0, 0.1) is 0 Å². The first-order chi connectivity index (χ1) is 6.68. The van der Waals surface area contributed by atoms with Crippen LogP contribution in [0.25, 0.3) is 0 Å². The zero-order valence-electron chi connectivity index (χ0n) is 8.69. The van der Waals surface area contributed by atoms with Gasteiger partial charge < -0.3 is 0 Å². The van der Waals surface area contributed by atoms with Crippen molar-refractivity contribution in [2.24, 2.45) is 4.99 Å². The molecule has 0 aromatic carbocycles. The normalized spacial score (nSPS) is 33.4. The van der Waals surface area contributed by atoms with Crippen LogP contribution in [0.4, 0.5) is 0 Å². The second-order valence-electron chi connectivity index (χ2n) is 4.04. The van der Waals surface area contributed by atoms with Crippen LogP contribution in [0.15, 0.2) is 4.99 Å². The van der Waals surface area contributed by atoms with E-state index in [4.69, 9.17) is 0 Å². The van der Waals surface area contributed by atoms with Gasteiger partial charge in [0.1, 0.15) is 6.04 Å². The van der Waals surface area contributed by atoms with Gasteiger partial charge in [0, 0.05) is 5.75 Å². The average Bonchev–Trinajstić information content (AvgIpc) is 2.71. The molecule has 3 nitrogen and oxygen atoms in total. The predicted molar refractivity (Wildman–Crippen MR) is 60.0 cm³/mol. The summed E-state index contributed by atoms with van der Waals surface area (Å²) in [6.07, 6.45) is 2.46. The van der Waals surface area contributed by atoms with Crippen molar-refractivity contribution in [3.63, 3.8) is 0 Å². The van der Waals surface area contributed by atoms with Crippen LogP contribution in [0.5, 0.6) is 0 Å². The standard InChI is InChI=1S/C10H16N2OS/c1-7(13)8-6-14-10(11-8)9-4-3-5-12(9)2/h8-9H,3-6H2,1-2H3. The fourth-order valence-corrected chi connectivity index (χ4v) is 3.34. The second kappa shape index (κ2) is 4.03. The number of hydrogen-bond donors (Lipinski definition) is 0. The number of nitrogens with zero attached hydrogens (tertiary/aromatic N) is 2. The molecule has 0 aromatic heterocycles. The highest BCUT2D eigenvalue weighted by molar-refractivity contribution is 8.14. The zero-order valence-corrected chi connectivity index (χ0v) is 9.51. The van der Waals surface area contributed by atoms with Gasteiger partial charge in [0.15, 0.2) is 5.78 Å². The molecule has 0 aromatic rings. The highest BCUT2D eigenvalue weighted by Gasteiger charge is 2.31. The minimum absolute atomic E-state index is 0.0657. The molecule has 0 aliphatic carbocycles. The summed E-state index contributed by atoms with van der Waals surface area (Å²) in [7, 11) is 2.14. The van der Waals surface area contributed by atoms with Gasteiger partial charge in [0.05, 0.1) is 11.1 Å². The van der Waals surface area contributed by atoms with Crippen molar-refractivity contribution in [1.29, 1.82) is 0 Å². The molecule has 2 rings (SSSR count). The lowest BCUT2D eigenvalue weighted by Crippen LogP contribution is -2.30. The molecule has 2 aliphatic rings. The number of rotatable bonds is 2. The number of Topliss-reactive ketones (excluding diaryl/α,β-unsaturated/α-hetero) is 1. The Bertz CT molecular complexity index is 277. The summed E-state index contributed by atoms with van der Waals surface area (Å²) < 4.78 is 0. The van der Waals surface area contributed by atoms with E-state index in [2.05, 4.69) is 16.9 Å². The Hall–Kier alpha value is -0.350. The molecule has 0 radical (unpaired) electrons. The van der Waals surface area contributed by atoms with Crippen molar-refractivity contribution < 1.29 is 4.79 Å². The first-order valence-corrected chi connectivity index (χ1v) is 6.08. The summed E-state index contributed by atoms with van der Waals surface area (Å²) >= 11 is 1.77. The zero-order chi connectivity index (χ0) is 10.1. The molecular formula is C10H16N2OS. The number of thioether (sulfide) groups is 1. The van der Waals surface area contributed by atoms with Gasteiger partial charge in [-0.3, -0.25) is 14.7 Å². The number of hydrogen-bond acceptors (Lipinski definition) is 4. The highest BCUT2D eigenvalue weighted by atomic mass is 32.2. The molecule has 1 fully saturated rings. The number of aliphatic imine (C=N–C) groups is 1. The molecule has 0 saturated carbocycles. The lowest BCUT2D eigenvalue weighted by Gasteiger charge is -2.18. The van der Waals surface area contributed by atoms with Crippen LogP contribution in [-0.4, -0.2) is 47.2 Å². The van der Waals surface area contributed by atoms with E-state index >= 15 is 0 Å². The SMILES string of the molecule is CC(=O)C1CSC(C2CCCN2C)=N1. The second-order valence-corrected chi connectivity index (χ2v) is 5.08. The van der Waals surface area contributed by atoms with Gasteiger partial charge in [-0.1, -0.05) is 0 Å². The fourth-order valence-electron chi connectivity index (χ4n) is 2.01. The van der Waals surface area contributed by atoms with Gasteiger partial charge in [-0.15, -0.1) is 11.8 Å². The molecule has 1 saturated heterocycles. The highest BCUT2D eigenvalue weighted by Crippen LogP contribution is 2.27. The van der Waals surface area contributed by atoms with E-state index in [1.54, 1.807) is 18.7 Å². The van der Waals surface area contributed by atoms with Crippen molar-refractivity contribution in [2.75, 3.05) is 19.3 Å². The monoisotopic (exact) mass is 212 g/mol. The van der Waals surface area contributed by atoms with Gasteiger partial charge in [0.2, 0.25) is 0 Å². The maximum atomic E-state index is 11.2. The minimum atomic E-state index is -0.0657. The van der Waals surface area contributed by atoms with E-state index in [1.807, 2.05) is 0 Å². The van der Waals surface area contributed by atoms with E-state index in [0.29, 0.717) is 6.04 Å². The molecular weight excluding hydrogens is 196 g/mol. The summed E-state index contributed by atoms with van der Waals surface area (Å²) in [5, 5.41) is 1.19. The van der Waals surface area contributed by atoms with Gasteiger partial charge in [-0.05, 0) is 33.4 Å². The topological polar surface area (TPSA) is 32.7 Å². The third kappa shape index (κ3) is 1.86. The third-order valence-corrected chi connectivity index (χ3v) is 4.10. The smallest absolute Gasteiger partial charge is 0.155 e. The van der Waals surface area contributed by atoms with Crippen LogP contribution >= 0.6 is 11.8 Å². The molecule has 78 valence electrons. The van der Waals surface area contributed by atoms with Crippen LogP contribution < -0.4 is 0 Å². The summed E-state index contributed by atoms with van der Waals surface area (Å²) in [6, 6.07) is 0.424. The minimum Gasteiger partial charge on any atom is -0.298 e. The summed E-state index contributed by atoms with van der Waals surface area (Å²) in [5.74, 6) is 1.06. The molecule has 2 heterocycles. The summed E-state index contributed by atoms with van der Waals surface area (Å²) in [5.41, 5.74) is 0. The van der Waals surface area contributed by atoms with Crippen molar-refractivity contribution >= 4 is 22.6 Å². The quantitative estimate of drug-likeness (QED) is 0.689. The Morgan fingerprint density at radius 2 is 2.43 bits per heavy atom. The van der Waals surface area contributed by atoms with E-state index in [9.17, 15) is 4.79 Å².